The van der Waals surface area contributed by atoms with E-state index in [0.29, 0.717) is 32.4 Å². The average Bonchev–Trinajstić information content (AvgIpc) is 2.66. The largest absolute Gasteiger partial charge is 0.497 e. The second kappa shape index (κ2) is 7.86. The number of hydrogen-bond donors (Lipinski definition) is 0. The van der Waals surface area contributed by atoms with Crippen molar-refractivity contribution in [3.63, 3.8) is 0 Å². The molecule has 1 aliphatic heterocycles. The molecule has 0 bridgehead atoms. The summed E-state index contributed by atoms with van der Waals surface area (Å²) in [6.45, 7) is 0.984. The maximum atomic E-state index is 12.2. The minimum absolute atomic E-state index is 0.0378. The van der Waals surface area contributed by atoms with E-state index in [9.17, 15) is 14.9 Å². The summed E-state index contributed by atoms with van der Waals surface area (Å²) in [5.41, 5.74) is 1.66. The smallest absolute Gasteiger partial charge is 0.269 e. The van der Waals surface area contributed by atoms with Crippen molar-refractivity contribution in [1.29, 1.82) is 0 Å². The molecule has 1 amide bonds. The molecule has 3 rings (SSSR count). The SMILES string of the molecule is COc1ccc(OCCCN2C(=O)CCc3cc([N+](=O)[O-])ccc32)cc1. The Morgan fingerprint density at radius 2 is 1.85 bits per heavy atom. The molecule has 7 heteroatoms. The highest BCUT2D eigenvalue weighted by Gasteiger charge is 2.25. The molecule has 7 nitrogen and oxygen atoms in total. The van der Waals surface area contributed by atoms with Crippen LogP contribution in [0.5, 0.6) is 11.5 Å². The molecule has 0 unspecified atom stereocenters. The highest BCUT2D eigenvalue weighted by molar-refractivity contribution is 5.96. The van der Waals surface area contributed by atoms with Gasteiger partial charge in [-0.25, -0.2) is 0 Å². The summed E-state index contributed by atoms with van der Waals surface area (Å²) in [5, 5.41) is 10.9. The molecule has 0 saturated heterocycles. The number of methoxy groups -OCH3 is 1. The predicted octanol–water partition coefficient (Wildman–Crippen LogP) is 3.35. The normalized spacial score (nSPS) is 13.3. The zero-order valence-corrected chi connectivity index (χ0v) is 14.5. The molecule has 1 aliphatic rings. The van der Waals surface area contributed by atoms with Gasteiger partial charge < -0.3 is 14.4 Å². The number of benzene rings is 2. The molecule has 2 aromatic carbocycles. The Hall–Kier alpha value is -3.09. The minimum atomic E-state index is -0.413. The summed E-state index contributed by atoms with van der Waals surface area (Å²) in [7, 11) is 1.61. The van der Waals surface area contributed by atoms with Gasteiger partial charge in [-0.05, 0) is 48.7 Å². The molecule has 0 atom stereocenters. The van der Waals surface area contributed by atoms with Crippen LogP contribution in [0.15, 0.2) is 42.5 Å². The number of aryl methyl sites for hydroxylation is 1. The van der Waals surface area contributed by atoms with Gasteiger partial charge in [0.15, 0.2) is 0 Å². The number of carbonyl (C=O) groups is 1. The fourth-order valence-corrected chi connectivity index (χ4v) is 2.99. The second-order valence-corrected chi connectivity index (χ2v) is 5.99. The van der Waals surface area contributed by atoms with E-state index in [4.69, 9.17) is 9.47 Å². The second-order valence-electron chi connectivity index (χ2n) is 5.99. The number of non-ortho nitro benzene ring substituents is 1. The highest BCUT2D eigenvalue weighted by Crippen LogP contribution is 2.31. The first-order chi connectivity index (χ1) is 12.6. The first-order valence-corrected chi connectivity index (χ1v) is 8.43. The van der Waals surface area contributed by atoms with Crippen molar-refractivity contribution in [2.45, 2.75) is 19.3 Å². The maximum Gasteiger partial charge on any atom is 0.269 e. The van der Waals surface area contributed by atoms with Gasteiger partial charge in [-0.2, -0.15) is 0 Å². The average molecular weight is 356 g/mol. The van der Waals surface area contributed by atoms with Crippen LogP contribution in [0.4, 0.5) is 11.4 Å². The van der Waals surface area contributed by atoms with E-state index in [1.165, 1.54) is 6.07 Å². The van der Waals surface area contributed by atoms with E-state index in [1.54, 1.807) is 24.1 Å². The van der Waals surface area contributed by atoms with E-state index in [1.807, 2.05) is 24.3 Å². The van der Waals surface area contributed by atoms with Crippen molar-refractivity contribution in [3.8, 4) is 11.5 Å². The molecule has 0 aromatic heterocycles. The molecule has 0 aliphatic carbocycles. The fourth-order valence-electron chi connectivity index (χ4n) is 2.99. The number of nitrogens with zero attached hydrogens (tertiary/aromatic N) is 2. The predicted molar refractivity (Wildman–Crippen MR) is 96.9 cm³/mol. The van der Waals surface area contributed by atoms with E-state index in [2.05, 4.69) is 0 Å². The standard InChI is InChI=1S/C19H20N2O5/c1-25-16-5-7-17(8-6-16)26-12-2-11-20-18-9-4-15(21(23)24)13-14(18)3-10-19(20)22/h4-9,13H,2-3,10-12H2,1H3. The summed E-state index contributed by atoms with van der Waals surface area (Å²) in [6, 6.07) is 12.0. The minimum Gasteiger partial charge on any atom is -0.497 e. The third-order valence-corrected chi connectivity index (χ3v) is 4.33. The van der Waals surface area contributed by atoms with E-state index in [0.717, 1.165) is 22.7 Å². The Kier molecular flexibility index (Phi) is 5.36. The van der Waals surface area contributed by atoms with Crippen LogP contribution in [-0.4, -0.2) is 31.1 Å². The lowest BCUT2D eigenvalue weighted by Gasteiger charge is -2.29. The van der Waals surface area contributed by atoms with Gasteiger partial charge >= 0.3 is 0 Å². The van der Waals surface area contributed by atoms with Gasteiger partial charge in [0.25, 0.3) is 5.69 Å². The highest BCUT2D eigenvalue weighted by atomic mass is 16.6. The van der Waals surface area contributed by atoms with Gasteiger partial charge in [0.2, 0.25) is 5.91 Å². The van der Waals surface area contributed by atoms with Gasteiger partial charge in [0.05, 0.1) is 18.6 Å². The summed E-state index contributed by atoms with van der Waals surface area (Å²) in [5.74, 6) is 1.55. The number of amides is 1. The number of hydrogen-bond acceptors (Lipinski definition) is 5. The summed E-state index contributed by atoms with van der Waals surface area (Å²) in [4.78, 5) is 24.4. The number of ether oxygens (including phenoxy) is 2. The molecule has 0 N–H and O–H groups in total. The number of carbonyl (C=O) groups excluding carboxylic acids is 1. The van der Waals surface area contributed by atoms with E-state index in [-0.39, 0.29) is 11.6 Å². The Morgan fingerprint density at radius 3 is 2.54 bits per heavy atom. The van der Waals surface area contributed by atoms with Gasteiger partial charge in [0, 0.05) is 30.8 Å². The van der Waals surface area contributed by atoms with Crippen LogP contribution in [0.2, 0.25) is 0 Å². The van der Waals surface area contributed by atoms with Crippen LogP contribution in [0, 0.1) is 10.1 Å². The van der Waals surface area contributed by atoms with E-state index >= 15 is 0 Å². The van der Waals surface area contributed by atoms with Crippen molar-refractivity contribution in [2.24, 2.45) is 0 Å². The lowest BCUT2D eigenvalue weighted by atomic mass is 10.0. The first kappa shape index (κ1) is 17.7. The monoisotopic (exact) mass is 356 g/mol. The Balaban J connectivity index is 1.59. The van der Waals surface area contributed by atoms with Crippen molar-refractivity contribution in [2.75, 3.05) is 25.2 Å². The number of nitro benzene ring substituents is 1. The molecule has 1 heterocycles. The molecule has 0 spiro atoms. The number of nitro groups is 1. The van der Waals surface area contributed by atoms with Crippen molar-refractivity contribution < 1.29 is 19.2 Å². The van der Waals surface area contributed by atoms with Crippen molar-refractivity contribution in [1.82, 2.24) is 0 Å². The summed E-state index contributed by atoms with van der Waals surface area (Å²) in [6.07, 6.45) is 1.57. The van der Waals surface area contributed by atoms with Crippen molar-refractivity contribution >= 4 is 17.3 Å². The molecule has 0 saturated carbocycles. The zero-order valence-electron chi connectivity index (χ0n) is 14.5. The molecular weight excluding hydrogens is 336 g/mol. The summed E-state index contributed by atoms with van der Waals surface area (Å²) < 4.78 is 10.8. The Morgan fingerprint density at radius 1 is 1.12 bits per heavy atom. The molecule has 136 valence electrons. The van der Waals surface area contributed by atoms with Crippen molar-refractivity contribution in [3.05, 3.63) is 58.1 Å². The van der Waals surface area contributed by atoms with Gasteiger partial charge in [-0.15, -0.1) is 0 Å². The third kappa shape index (κ3) is 3.93. The summed E-state index contributed by atoms with van der Waals surface area (Å²) >= 11 is 0. The number of anilines is 1. The quantitative estimate of drug-likeness (QED) is 0.432. The van der Waals surface area contributed by atoms with Crippen LogP contribution in [0.3, 0.4) is 0 Å². The zero-order chi connectivity index (χ0) is 18.5. The lowest BCUT2D eigenvalue weighted by molar-refractivity contribution is -0.384. The van der Waals surface area contributed by atoms with Crippen LogP contribution in [0.1, 0.15) is 18.4 Å². The van der Waals surface area contributed by atoms with Gasteiger partial charge in [-0.1, -0.05) is 0 Å². The van der Waals surface area contributed by atoms with E-state index < -0.39 is 4.92 Å². The van der Waals surface area contributed by atoms with Crippen LogP contribution < -0.4 is 14.4 Å². The Bertz CT molecular complexity index is 804. The first-order valence-electron chi connectivity index (χ1n) is 8.43. The molecule has 2 aromatic rings. The molecule has 26 heavy (non-hydrogen) atoms. The molecule has 0 radical (unpaired) electrons. The van der Waals surface area contributed by atoms with Gasteiger partial charge in [0.1, 0.15) is 11.5 Å². The maximum absolute atomic E-state index is 12.2. The molecule has 0 fully saturated rings. The number of rotatable bonds is 7. The van der Waals surface area contributed by atoms with Crippen LogP contribution in [0.25, 0.3) is 0 Å². The lowest BCUT2D eigenvalue weighted by Crippen LogP contribution is -2.36. The number of fused-ring (bicyclic) bond motifs is 1. The fraction of sp³-hybridized carbons (Fsp3) is 0.316. The third-order valence-electron chi connectivity index (χ3n) is 4.33. The van der Waals surface area contributed by atoms with Gasteiger partial charge in [-0.3, -0.25) is 14.9 Å². The van der Waals surface area contributed by atoms with Crippen LogP contribution >= 0.6 is 0 Å². The topological polar surface area (TPSA) is 81.9 Å². The Labute approximate surface area is 151 Å². The van der Waals surface area contributed by atoms with Crippen LogP contribution in [-0.2, 0) is 11.2 Å². The molecular formula is C19H20N2O5.